The molecule has 0 aromatic heterocycles. The molecule has 196 valence electrons. The van der Waals surface area contributed by atoms with Crippen LogP contribution >= 0.6 is 0 Å². The van der Waals surface area contributed by atoms with E-state index in [9.17, 15) is 9.59 Å². The lowest BCUT2D eigenvalue weighted by molar-refractivity contribution is -0.144. The van der Waals surface area contributed by atoms with Gasteiger partial charge in [0.1, 0.15) is 17.2 Å². The maximum atomic E-state index is 13.8. The molecule has 2 aromatic carbocycles. The Balaban J connectivity index is 1.81. The van der Waals surface area contributed by atoms with Crippen LogP contribution in [0.15, 0.2) is 65.0 Å². The minimum Gasteiger partial charge on any atom is -0.497 e. The summed E-state index contributed by atoms with van der Waals surface area (Å²) in [5.74, 6) is 0.920. The van der Waals surface area contributed by atoms with Gasteiger partial charge in [0, 0.05) is 35.0 Å². The summed E-state index contributed by atoms with van der Waals surface area (Å²) in [6, 6.07) is 13.3. The Morgan fingerprint density at radius 3 is 2.30 bits per heavy atom. The lowest BCUT2D eigenvalue weighted by Gasteiger charge is -2.37. The zero-order valence-corrected chi connectivity index (χ0v) is 22.3. The molecule has 37 heavy (non-hydrogen) atoms. The Labute approximate surface area is 218 Å². The van der Waals surface area contributed by atoms with E-state index in [0.29, 0.717) is 47.6 Å². The zero-order chi connectivity index (χ0) is 26.7. The second-order valence-electron chi connectivity index (χ2n) is 9.52. The second kappa shape index (κ2) is 11.1. The number of esters is 1. The number of Topliss-reactive ketones (excluding diaryl/α,β-unsaturated/α-hetero) is 1. The van der Waals surface area contributed by atoms with Crippen LogP contribution in [-0.2, 0) is 14.3 Å². The molecule has 0 radical (unpaired) electrons. The number of allylic oxidation sites excluding steroid dienone is 3. The average molecular weight is 506 g/mol. The zero-order valence-electron chi connectivity index (χ0n) is 22.3. The number of ether oxygens (including phenoxy) is 4. The third-order valence-corrected chi connectivity index (χ3v) is 7.27. The number of dihydropyridines is 1. The highest BCUT2D eigenvalue weighted by molar-refractivity contribution is 6.04. The predicted octanol–water partition coefficient (Wildman–Crippen LogP) is 5.42. The Hall–Kier alpha value is -3.74. The van der Waals surface area contributed by atoms with Crippen molar-refractivity contribution in [2.45, 2.75) is 58.0 Å². The topological polar surface area (TPSA) is 83.1 Å². The van der Waals surface area contributed by atoms with Gasteiger partial charge in [-0.25, -0.2) is 4.79 Å². The second-order valence-corrected chi connectivity index (χ2v) is 9.52. The normalized spacial score (nSPS) is 20.1. The number of carbonyl (C=O) groups is 2. The molecule has 0 unspecified atom stereocenters. The molecule has 0 spiro atoms. The lowest BCUT2D eigenvalue weighted by atomic mass is 9.71. The lowest BCUT2D eigenvalue weighted by Crippen LogP contribution is -2.36. The van der Waals surface area contributed by atoms with Crippen molar-refractivity contribution < 1.29 is 28.5 Å². The van der Waals surface area contributed by atoms with Crippen molar-refractivity contribution in [1.29, 1.82) is 0 Å². The quantitative estimate of drug-likeness (QED) is 0.480. The summed E-state index contributed by atoms with van der Waals surface area (Å²) in [5.41, 5.74) is 4.33. The van der Waals surface area contributed by atoms with Gasteiger partial charge in [-0.15, -0.1) is 0 Å². The summed E-state index contributed by atoms with van der Waals surface area (Å²) in [6.45, 7) is 5.69. The van der Waals surface area contributed by atoms with Crippen molar-refractivity contribution in [3.05, 3.63) is 76.1 Å². The van der Waals surface area contributed by atoms with E-state index in [1.165, 1.54) is 0 Å². The Kier molecular flexibility index (Phi) is 7.91. The monoisotopic (exact) mass is 505 g/mol. The van der Waals surface area contributed by atoms with E-state index < -0.39 is 11.9 Å². The number of benzene rings is 2. The molecule has 2 aromatic rings. The number of hydrogen-bond acceptors (Lipinski definition) is 7. The third-order valence-electron chi connectivity index (χ3n) is 7.27. The number of carbonyl (C=O) groups excluding carboxylic acids is 2. The SMILES string of the molecule is CC[C@@H](C)OC(=O)C1=C(C)NC2=C(C(=O)C[C@@H](c3ccc(OC)cc3)C2)[C@@H]1c1ccc(OC)cc1OC. The van der Waals surface area contributed by atoms with Crippen LogP contribution < -0.4 is 19.5 Å². The number of nitrogens with one attached hydrogen (secondary N) is 1. The molecule has 0 bridgehead atoms. The summed E-state index contributed by atoms with van der Waals surface area (Å²) in [5, 5.41) is 3.40. The van der Waals surface area contributed by atoms with Gasteiger partial charge in [0.05, 0.1) is 38.9 Å². The number of hydrogen-bond donors (Lipinski definition) is 1. The van der Waals surface area contributed by atoms with Crippen molar-refractivity contribution >= 4 is 11.8 Å². The van der Waals surface area contributed by atoms with E-state index in [-0.39, 0.29) is 17.8 Å². The minimum absolute atomic E-state index is 0.00113. The molecule has 1 aliphatic heterocycles. The first-order chi connectivity index (χ1) is 17.8. The van der Waals surface area contributed by atoms with E-state index in [4.69, 9.17) is 18.9 Å². The molecule has 7 heteroatoms. The highest BCUT2D eigenvalue weighted by atomic mass is 16.5. The van der Waals surface area contributed by atoms with Crippen molar-refractivity contribution in [2.24, 2.45) is 0 Å². The molecular weight excluding hydrogens is 470 g/mol. The van der Waals surface area contributed by atoms with Crippen LogP contribution in [0, 0.1) is 0 Å². The van der Waals surface area contributed by atoms with Crippen molar-refractivity contribution in [3.63, 3.8) is 0 Å². The fraction of sp³-hybridized carbons (Fsp3) is 0.400. The molecular formula is C30H35NO6. The molecule has 0 saturated carbocycles. The van der Waals surface area contributed by atoms with Gasteiger partial charge in [0.2, 0.25) is 0 Å². The molecule has 1 aliphatic carbocycles. The molecule has 0 amide bonds. The summed E-state index contributed by atoms with van der Waals surface area (Å²) in [7, 11) is 4.79. The first kappa shape index (κ1) is 26.3. The third kappa shape index (κ3) is 5.22. The van der Waals surface area contributed by atoms with Crippen LogP contribution in [0.5, 0.6) is 17.2 Å². The van der Waals surface area contributed by atoms with Crippen molar-refractivity contribution in [2.75, 3.05) is 21.3 Å². The molecule has 0 fully saturated rings. The summed E-state index contributed by atoms with van der Waals surface area (Å²) < 4.78 is 22.1. The summed E-state index contributed by atoms with van der Waals surface area (Å²) in [4.78, 5) is 27.3. The van der Waals surface area contributed by atoms with Gasteiger partial charge in [0.15, 0.2) is 5.78 Å². The molecule has 4 rings (SSSR count). The van der Waals surface area contributed by atoms with Crippen LogP contribution in [0.2, 0.25) is 0 Å². The van der Waals surface area contributed by atoms with Gasteiger partial charge in [-0.1, -0.05) is 25.1 Å². The van der Waals surface area contributed by atoms with Crippen molar-refractivity contribution in [3.8, 4) is 17.2 Å². The standard InChI is InChI=1S/C30H35NO6/c1-7-17(2)37-30(33)27-18(3)31-24-14-20(19-8-10-21(34-4)11-9-19)15-25(32)29(24)28(27)23-13-12-22(35-5)16-26(23)36-6/h8-13,16-17,20,28,31H,7,14-15H2,1-6H3/t17-,20+,28-/m1/s1. The molecule has 0 saturated heterocycles. The maximum absolute atomic E-state index is 13.8. The molecule has 7 nitrogen and oxygen atoms in total. The summed E-state index contributed by atoms with van der Waals surface area (Å²) in [6.07, 6.45) is 1.43. The van der Waals surface area contributed by atoms with E-state index >= 15 is 0 Å². The van der Waals surface area contributed by atoms with Crippen molar-refractivity contribution in [1.82, 2.24) is 5.32 Å². The number of methoxy groups -OCH3 is 3. The maximum Gasteiger partial charge on any atom is 0.337 e. The smallest absolute Gasteiger partial charge is 0.337 e. The first-order valence-corrected chi connectivity index (χ1v) is 12.6. The Morgan fingerprint density at radius 1 is 1.00 bits per heavy atom. The molecule has 1 heterocycles. The van der Waals surface area contributed by atoms with Gasteiger partial charge in [-0.05, 0) is 56.4 Å². The predicted molar refractivity (Wildman–Crippen MR) is 141 cm³/mol. The average Bonchev–Trinajstić information content (AvgIpc) is 2.91. The Morgan fingerprint density at radius 2 is 1.68 bits per heavy atom. The largest absolute Gasteiger partial charge is 0.497 e. The van der Waals surface area contributed by atoms with Gasteiger partial charge in [-0.3, -0.25) is 4.79 Å². The fourth-order valence-electron chi connectivity index (χ4n) is 5.12. The van der Waals surface area contributed by atoms with Crippen LogP contribution in [0.3, 0.4) is 0 Å². The van der Waals surface area contributed by atoms with Gasteiger partial charge in [0.25, 0.3) is 0 Å². The van der Waals surface area contributed by atoms with Gasteiger partial charge >= 0.3 is 5.97 Å². The number of ketones is 1. The minimum atomic E-state index is -0.613. The highest BCUT2D eigenvalue weighted by Gasteiger charge is 2.42. The van der Waals surface area contributed by atoms with Crippen LogP contribution in [0.25, 0.3) is 0 Å². The van der Waals surface area contributed by atoms with Gasteiger partial charge < -0.3 is 24.3 Å². The molecule has 3 atom stereocenters. The van der Waals surface area contributed by atoms with Crippen LogP contribution in [0.4, 0.5) is 0 Å². The van der Waals surface area contributed by atoms with E-state index in [0.717, 1.165) is 22.6 Å². The van der Waals surface area contributed by atoms with Crippen LogP contribution in [0.1, 0.15) is 63.0 Å². The molecule has 1 N–H and O–H groups in total. The van der Waals surface area contributed by atoms with E-state index in [2.05, 4.69) is 5.32 Å². The molecule has 2 aliphatic rings. The summed E-state index contributed by atoms with van der Waals surface area (Å²) >= 11 is 0. The number of rotatable bonds is 8. The first-order valence-electron chi connectivity index (χ1n) is 12.6. The Bertz CT molecular complexity index is 1240. The van der Waals surface area contributed by atoms with E-state index in [1.807, 2.05) is 57.2 Å². The van der Waals surface area contributed by atoms with E-state index in [1.54, 1.807) is 27.4 Å². The highest BCUT2D eigenvalue weighted by Crippen LogP contribution is 2.48. The van der Waals surface area contributed by atoms with Crippen LogP contribution in [-0.4, -0.2) is 39.2 Å². The van der Waals surface area contributed by atoms with Gasteiger partial charge in [-0.2, -0.15) is 0 Å². The fourth-order valence-corrected chi connectivity index (χ4v) is 5.12.